The molecule has 0 bridgehead atoms. The molecule has 0 unspecified atom stereocenters. The summed E-state index contributed by atoms with van der Waals surface area (Å²) in [5.74, 6) is 0.763. The highest BCUT2D eigenvalue weighted by atomic mass is 16.5. The van der Waals surface area contributed by atoms with E-state index >= 15 is 0 Å². The molecule has 1 aliphatic carbocycles. The third-order valence-electron chi connectivity index (χ3n) is 3.46. The highest BCUT2D eigenvalue weighted by Gasteiger charge is 2.06. The van der Waals surface area contributed by atoms with Crippen LogP contribution in [0.3, 0.4) is 0 Å². The maximum atomic E-state index is 11.0. The van der Waals surface area contributed by atoms with Gasteiger partial charge in [-0.3, -0.25) is 4.79 Å². The lowest BCUT2D eigenvalue weighted by molar-refractivity contribution is -0.140. The minimum absolute atomic E-state index is 0.161. The van der Waals surface area contributed by atoms with Crippen molar-refractivity contribution in [2.45, 2.75) is 59.3 Å². The second kappa shape index (κ2) is 13.9. The molecule has 0 aliphatic heterocycles. The van der Waals surface area contributed by atoms with Gasteiger partial charge in [-0.25, -0.2) is 0 Å². The van der Waals surface area contributed by atoms with E-state index in [2.05, 4.69) is 16.9 Å². The zero-order valence-corrected chi connectivity index (χ0v) is 15.4. The molecule has 3 nitrogen and oxygen atoms in total. The largest absolute Gasteiger partial charge is 0.496 e. The minimum atomic E-state index is -0.161. The number of methoxy groups -OCH3 is 2. The number of ether oxygens (including phenoxy) is 2. The average molecular weight is 320 g/mol. The van der Waals surface area contributed by atoms with Crippen LogP contribution in [0.15, 0.2) is 30.4 Å². The summed E-state index contributed by atoms with van der Waals surface area (Å²) in [5.41, 5.74) is 2.27. The SMILES string of the molecule is C1=CCCC1.CC.COC(=O)CCCc1cccc(C)c1OC. The van der Waals surface area contributed by atoms with E-state index in [1.807, 2.05) is 39.0 Å². The molecule has 0 saturated heterocycles. The van der Waals surface area contributed by atoms with Gasteiger partial charge in [-0.15, -0.1) is 0 Å². The van der Waals surface area contributed by atoms with Crippen molar-refractivity contribution in [1.29, 1.82) is 0 Å². The van der Waals surface area contributed by atoms with Crippen molar-refractivity contribution in [1.82, 2.24) is 0 Å². The molecule has 1 aliphatic rings. The van der Waals surface area contributed by atoms with Crippen molar-refractivity contribution in [3.8, 4) is 5.75 Å². The number of hydrogen-bond acceptors (Lipinski definition) is 3. The Balaban J connectivity index is 0.000000574. The fraction of sp³-hybridized carbons (Fsp3) is 0.550. The van der Waals surface area contributed by atoms with Gasteiger partial charge in [0.1, 0.15) is 5.75 Å². The predicted molar refractivity (Wildman–Crippen MR) is 97.0 cm³/mol. The summed E-state index contributed by atoms with van der Waals surface area (Å²) in [6.07, 6.45) is 10.6. The van der Waals surface area contributed by atoms with E-state index in [4.69, 9.17) is 4.74 Å². The molecule has 0 saturated carbocycles. The summed E-state index contributed by atoms with van der Waals surface area (Å²) < 4.78 is 9.94. The topological polar surface area (TPSA) is 35.5 Å². The number of carbonyl (C=O) groups excluding carboxylic acids is 1. The zero-order chi connectivity index (χ0) is 17.5. The third-order valence-corrected chi connectivity index (χ3v) is 3.46. The molecule has 0 N–H and O–H groups in total. The Morgan fingerprint density at radius 2 is 1.78 bits per heavy atom. The molecule has 23 heavy (non-hydrogen) atoms. The lowest BCUT2D eigenvalue weighted by Crippen LogP contribution is -2.01. The summed E-state index contributed by atoms with van der Waals surface area (Å²) in [6, 6.07) is 6.05. The quantitative estimate of drug-likeness (QED) is 0.549. The zero-order valence-electron chi connectivity index (χ0n) is 15.4. The van der Waals surface area contributed by atoms with Crippen LogP contribution in [0.2, 0.25) is 0 Å². The van der Waals surface area contributed by atoms with E-state index in [1.54, 1.807) is 7.11 Å². The molecule has 0 atom stereocenters. The van der Waals surface area contributed by atoms with E-state index in [0.29, 0.717) is 6.42 Å². The standard InChI is InChI=1S/C13H18O3.C5H8.C2H6/c1-10-6-4-7-11(13(10)16-3)8-5-9-12(14)15-2;1-2-4-5-3-1;1-2/h4,6-7H,5,8-9H2,1-3H3;1-2H,3-5H2;1-2H3. The van der Waals surface area contributed by atoms with E-state index in [9.17, 15) is 4.79 Å². The number of para-hydroxylation sites is 1. The van der Waals surface area contributed by atoms with E-state index in [-0.39, 0.29) is 5.97 Å². The van der Waals surface area contributed by atoms with E-state index in [1.165, 1.54) is 26.4 Å². The van der Waals surface area contributed by atoms with Crippen LogP contribution in [0.1, 0.15) is 57.1 Å². The molecular weight excluding hydrogens is 288 g/mol. The van der Waals surface area contributed by atoms with Gasteiger partial charge in [-0.1, -0.05) is 44.2 Å². The first kappa shape index (κ1) is 21.2. The summed E-state index contributed by atoms with van der Waals surface area (Å²) in [5, 5.41) is 0. The summed E-state index contributed by atoms with van der Waals surface area (Å²) >= 11 is 0. The van der Waals surface area contributed by atoms with Crippen LogP contribution < -0.4 is 4.74 Å². The first-order valence-corrected chi connectivity index (χ1v) is 8.53. The van der Waals surface area contributed by atoms with Crippen LogP contribution in [0.4, 0.5) is 0 Å². The molecule has 0 spiro atoms. The van der Waals surface area contributed by atoms with Gasteiger partial charge in [0.2, 0.25) is 0 Å². The fourth-order valence-corrected chi connectivity index (χ4v) is 2.32. The maximum Gasteiger partial charge on any atom is 0.305 e. The van der Waals surface area contributed by atoms with Crippen molar-refractivity contribution in [3.63, 3.8) is 0 Å². The predicted octanol–water partition coefficient (Wildman–Crippen LogP) is 5.25. The smallest absolute Gasteiger partial charge is 0.305 e. The Kier molecular flexibility index (Phi) is 12.8. The van der Waals surface area contributed by atoms with Crippen LogP contribution >= 0.6 is 0 Å². The maximum absolute atomic E-state index is 11.0. The van der Waals surface area contributed by atoms with Gasteiger partial charge in [0, 0.05) is 6.42 Å². The summed E-state index contributed by atoms with van der Waals surface area (Å²) in [6.45, 7) is 6.02. The molecule has 0 aromatic heterocycles. The highest BCUT2D eigenvalue weighted by molar-refractivity contribution is 5.69. The third kappa shape index (κ3) is 9.07. The Morgan fingerprint density at radius 1 is 1.13 bits per heavy atom. The number of allylic oxidation sites excluding steroid dienone is 2. The van der Waals surface area contributed by atoms with Crippen LogP contribution in [-0.2, 0) is 16.0 Å². The van der Waals surface area contributed by atoms with Gasteiger partial charge < -0.3 is 9.47 Å². The second-order valence-electron chi connectivity index (χ2n) is 5.10. The van der Waals surface area contributed by atoms with Crippen LogP contribution in [0.5, 0.6) is 5.75 Å². The Labute approximate surface area is 141 Å². The van der Waals surface area contributed by atoms with Crippen molar-refractivity contribution < 1.29 is 14.3 Å². The Morgan fingerprint density at radius 3 is 2.26 bits per heavy atom. The molecule has 0 radical (unpaired) electrons. The molecule has 0 fully saturated rings. The van der Waals surface area contributed by atoms with Gasteiger partial charge in [-0.2, -0.15) is 0 Å². The van der Waals surface area contributed by atoms with Gasteiger partial charge in [0.15, 0.2) is 0 Å². The van der Waals surface area contributed by atoms with Crippen molar-refractivity contribution >= 4 is 5.97 Å². The number of benzene rings is 1. The van der Waals surface area contributed by atoms with Crippen molar-refractivity contribution in [3.05, 3.63) is 41.5 Å². The number of rotatable bonds is 5. The lowest BCUT2D eigenvalue weighted by Gasteiger charge is -2.10. The van der Waals surface area contributed by atoms with Gasteiger partial charge >= 0.3 is 5.97 Å². The van der Waals surface area contributed by atoms with E-state index < -0.39 is 0 Å². The number of carbonyl (C=O) groups is 1. The van der Waals surface area contributed by atoms with Crippen LogP contribution in [0, 0.1) is 6.92 Å². The van der Waals surface area contributed by atoms with Crippen LogP contribution in [0.25, 0.3) is 0 Å². The number of aryl methyl sites for hydroxylation is 2. The van der Waals surface area contributed by atoms with Gasteiger partial charge in [0.05, 0.1) is 14.2 Å². The van der Waals surface area contributed by atoms with Gasteiger partial charge in [0.25, 0.3) is 0 Å². The lowest BCUT2D eigenvalue weighted by atomic mass is 10.0. The second-order valence-corrected chi connectivity index (χ2v) is 5.10. The van der Waals surface area contributed by atoms with Crippen molar-refractivity contribution in [2.24, 2.45) is 0 Å². The van der Waals surface area contributed by atoms with Crippen LogP contribution in [-0.4, -0.2) is 20.2 Å². The Bertz CT molecular complexity index is 458. The molecule has 2 rings (SSSR count). The van der Waals surface area contributed by atoms with E-state index in [0.717, 1.165) is 29.7 Å². The first-order chi connectivity index (χ1) is 11.2. The summed E-state index contributed by atoms with van der Waals surface area (Å²) in [7, 11) is 3.09. The molecule has 1 aromatic rings. The van der Waals surface area contributed by atoms with Crippen molar-refractivity contribution in [2.75, 3.05) is 14.2 Å². The normalized spacial score (nSPS) is 11.7. The Hall–Kier alpha value is -1.77. The molecular formula is C20H32O3. The highest BCUT2D eigenvalue weighted by Crippen LogP contribution is 2.24. The summed E-state index contributed by atoms with van der Waals surface area (Å²) in [4.78, 5) is 11.0. The fourth-order valence-electron chi connectivity index (χ4n) is 2.32. The number of hydrogen-bond donors (Lipinski definition) is 0. The molecule has 3 heteroatoms. The van der Waals surface area contributed by atoms with Gasteiger partial charge in [-0.05, 0) is 50.2 Å². The molecule has 1 aromatic carbocycles. The monoisotopic (exact) mass is 320 g/mol. The minimum Gasteiger partial charge on any atom is -0.496 e. The average Bonchev–Trinajstić information content (AvgIpc) is 3.16. The molecule has 0 amide bonds. The first-order valence-electron chi connectivity index (χ1n) is 8.53. The number of esters is 1. The molecule has 0 heterocycles. The molecule has 130 valence electrons.